The van der Waals surface area contributed by atoms with Gasteiger partial charge >= 0.3 is 5.97 Å². The van der Waals surface area contributed by atoms with Crippen LogP contribution in [0.15, 0.2) is 42.5 Å². The lowest BCUT2D eigenvalue weighted by Crippen LogP contribution is -2.22. The van der Waals surface area contributed by atoms with Gasteiger partial charge in [0, 0.05) is 5.92 Å². The van der Waals surface area contributed by atoms with Crippen LogP contribution in [0, 0.1) is 5.92 Å². The molecule has 2 atom stereocenters. The molecule has 2 nitrogen and oxygen atoms in total. The van der Waals surface area contributed by atoms with Gasteiger partial charge in [-0.3, -0.25) is 4.79 Å². The topological polar surface area (TPSA) is 37.3 Å². The lowest BCUT2D eigenvalue weighted by molar-refractivity contribution is -0.140. The van der Waals surface area contributed by atoms with Gasteiger partial charge in [0.15, 0.2) is 0 Å². The molecule has 0 aromatic heterocycles. The van der Waals surface area contributed by atoms with E-state index in [-0.39, 0.29) is 11.8 Å². The van der Waals surface area contributed by atoms with Crippen molar-refractivity contribution in [1.82, 2.24) is 0 Å². The van der Waals surface area contributed by atoms with Gasteiger partial charge in [-0.15, -0.1) is 0 Å². The lowest BCUT2D eigenvalue weighted by atomic mass is 9.79. The number of benzene rings is 1. The molecule has 0 heterocycles. The Balaban J connectivity index is 2.28. The quantitative estimate of drug-likeness (QED) is 0.749. The average Bonchev–Trinajstić information content (AvgIpc) is 2.30. The third-order valence-electron chi connectivity index (χ3n) is 2.93. The van der Waals surface area contributed by atoms with E-state index in [1.807, 2.05) is 42.5 Å². The van der Waals surface area contributed by atoms with Gasteiger partial charge in [-0.25, -0.2) is 0 Å². The lowest BCUT2D eigenvalue weighted by Gasteiger charge is -2.24. The van der Waals surface area contributed by atoms with Gasteiger partial charge in [0.25, 0.3) is 0 Å². The van der Waals surface area contributed by atoms with Crippen molar-refractivity contribution in [1.29, 1.82) is 0 Å². The zero-order chi connectivity index (χ0) is 10.7. The molecule has 0 saturated carbocycles. The number of aliphatic carboxylic acids is 1. The van der Waals surface area contributed by atoms with Gasteiger partial charge in [0.05, 0.1) is 5.92 Å². The van der Waals surface area contributed by atoms with Crippen LogP contribution >= 0.6 is 0 Å². The first kappa shape index (κ1) is 9.97. The Hall–Kier alpha value is -1.57. The van der Waals surface area contributed by atoms with E-state index < -0.39 is 5.97 Å². The zero-order valence-corrected chi connectivity index (χ0v) is 8.47. The zero-order valence-electron chi connectivity index (χ0n) is 8.47. The highest BCUT2D eigenvalue weighted by Gasteiger charge is 2.28. The van der Waals surface area contributed by atoms with Crippen molar-refractivity contribution in [2.45, 2.75) is 18.8 Å². The molecular weight excluding hydrogens is 188 g/mol. The second-order valence-electron chi connectivity index (χ2n) is 3.89. The van der Waals surface area contributed by atoms with Crippen molar-refractivity contribution in [2.75, 3.05) is 0 Å². The summed E-state index contributed by atoms with van der Waals surface area (Å²) in [6.45, 7) is 0. The van der Waals surface area contributed by atoms with Crippen LogP contribution in [0.4, 0.5) is 0 Å². The number of allylic oxidation sites excluding steroid dienone is 1. The standard InChI is InChI=1S/C13H14O2/c14-13(15)12-9-5-4-8-11(12)10-6-2-1-3-7-10/h1-3,5-7,9,11-12H,4,8H2,(H,14,15)/t11-,12-/m0/s1. The number of carbonyl (C=O) groups is 1. The van der Waals surface area contributed by atoms with Crippen molar-refractivity contribution in [3.8, 4) is 0 Å². The highest BCUT2D eigenvalue weighted by Crippen LogP contribution is 2.33. The second kappa shape index (κ2) is 4.30. The van der Waals surface area contributed by atoms with E-state index in [4.69, 9.17) is 5.11 Å². The highest BCUT2D eigenvalue weighted by atomic mass is 16.4. The second-order valence-corrected chi connectivity index (χ2v) is 3.89. The Morgan fingerprint density at radius 3 is 2.67 bits per heavy atom. The fourth-order valence-electron chi connectivity index (χ4n) is 2.16. The minimum absolute atomic E-state index is 0.133. The van der Waals surface area contributed by atoms with Crippen LogP contribution in [0.5, 0.6) is 0 Å². The van der Waals surface area contributed by atoms with Gasteiger partial charge in [-0.05, 0) is 18.4 Å². The van der Waals surface area contributed by atoms with Gasteiger partial charge < -0.3 is 5.11 Å². The first-order valence-electron chi connectivity index (χ1n) is 5.23. The predicted molar refractivity (Wildman–Crippen MR) is 58.7 cm³/mol. The Morgan fingerprint density at radius 1 is 1.27 bits per heavy atom. The van der Waals surface area contributed by atoms with Gasteiger partial charge in [-0.1, -0.05) is 42.5 Å². The van der Waals surface area contributed by atoms with Crippen LogP contribution in [0.2, 0.25) is 0 Å². The van der Waals surface area contributed by atoms with E-state index in [0.29, 0.717) is 0 Å². The number of hydrogen-bond donors (Lipinski definition) is 1. The molecule has 0 fully saturated rings. The van der Waals surface area contributed by atoms with Crippen LogP contribution < -0.4 is 0 Å². The summed E-state index contributed by atoms with van der Waals surface area (Å²) >= 11 is 0. The normalized spacial score (nSPS) is 25.1. The van der Waals surface area contributed by atoms with E-state index in [1.165, 1.54) is 0 Å². The van der Waals surface area contributed by atoms with Crippen molar-refractivity contribution >= 4 is 5.97 Å². The third-order valence-corrected chi connectivity index (χ3v) is 2.93. The first-order chi connectivity index (χ1) is 7.29. The largest absolute Gasteiger partial charge is 0.481 e. The van der Waals surface area contributed by atoms with E-state index in [1.54, 1.807) is 0 Å². The van der Waals surface area contributed by atoms with E-state index in [2.05, 4.69) is 0 Å². The molecule has 78 valence electrons. The van der Waals surface area contributed by atoms with Gasteiger partial charge in [0.1, 0.15) is 0 Å². The van der Waals surface area contributed by atoms with Crippen LogP contribution in [0.25, 0.3) is 0 Å². The van der Waals surface area contributed by atoms with Crippen LogP contribution in [0.3, 0.4) is 0 Å². The molecule has 1 aromatic rings. The molecule has 0 aliphatic heterocycles. The summed E-state index contributed by atoms with van der Waals surface area (Å²) in [5.74, 6) is -0.949. The maximum absolute atomic E-state index is 11.1. The van der Waals surface area contributed by atoms with Crippen molar-refractivity contribution < 1.29 is 9.90 Å². The molecule has 1 aliphatic rings. The Labute approximate surface area is 89.2 Å². The molecule has 0 saturated heterocycles. The molecule has 0 bridgehead atoms. The Morgan fingerprint density at radius 2 is 2.00 bits per heavy atom. The molecule has 1 aromatic carbocycles. The Kier molecular flexibility index (Phi) is 2.86. The maximum Gasteiger partial charge on any atom is 0.310 e. The van der Waals surface area contributed by atoms with Crippen LogP contribution in [-0.4, -0.2) is 11.1 Å². The van der Waals surface area contributed by atoms with Crippen molar-refractivity contribution in [2.24, 2.45) is 5.92 Å². The fourth-order valence-corrected chi connectivity index (χ4v) is 2.16. The Bertz CT molecular complexity index is 367. The molecule has 2 rings (SSSR count). The molecule has 15 heavy (non-hydrogen) atoms. The smallest absolute Gasteiger partial charge is 0.310 e. The number of carboxylic acid groups (broad SMARTS) is 1. The minimum atomic E-state index is -0.722. The summed E-state index contributed by atoms with van der Waals surface area (Å²) in [6.07, 6.45) is 5.70. The molecule has 1 aliphatic carbocycles. The number of rotatable bonds is 2. The predicted octanol–water partition coefficient (Wildman–Crippen LogP) is 2.82. The molecule has 0 unspecified atom stereocenters. The first-order valence-corrected chi connectivity index (χ1v) is 5.23. The summed E-state index contributed by atoms with van der Waals surface area (Å²) in [4.78, 5) is 11.1. The highest BCUT2D eigenvalue weighted by molar-refractivity contribution is 5.73. The summed E-state index contributed by atoms with van der Waals surface area (Å²) in [6, 6.07) is 9.91. The molecule has 0 spiro atoms. The molecule has 2 heteroatoms. The summed E-state index contributed by atoms with van der Waals surface area (Å²) in [5, 5.41) is 9.12. The SMILES string of the molecule is O=C(O)[C@H]1C=CCC[C@H]1c1ccccc1. The fraction of sp³-hybridized carbons (Fsp3) is 0.308. The van der Waals surface area contributed by atoms with Crippen LogP contribution in [-0.2, 0) is 4.79 Å². The van der Waals surface area contributed by atoms with E-state index >= 15 is 0 Å². The maximum atomic E-state index is 11.1. The van der Waals surface area contributed by atoms with Gasteiger partial charge in [-0.2, -0.15) is 0 Å². The number of carboxylic acids is 1. The summed E-state index contributed by atoms with van der Waals surface area (Å²) < 4.78 is 0. The van der Waals surface area contributed by atoms with Crippen molar-refractivity contribution in [3.63, 3.8) is 0 Å². The molecular formula is C13H14O2. The van der Waals surface area contributed by atoms with Crippen LogP contribution in [0.1, 0.15) is 24.3 Å². The monoisotopic (exact) mass is 202 g/mol. The summed E-state index contributed by atoms with van der Waals surface area (Å²) in [5.41, 5.74) is 1.13. The third kappa shape index (κ3) is 2.09. The average molecular weight is 202 g/mol. The summed E-state index contributed by atoms with van der Waals surface area (Å²) in [7, 11) is 0. The van der Waals surface area contributed by atoms with Crippen molar-refractivity contribution in [3.05, 3.63) is 48.0 Å². The van der Waals surface area contributed by atoms with E-state index in [9.17, 15) is 4.79 Å². The van der Waals surface area contributed by atoms with Gasteiger partial charge in [0.2, 0.25) is 0 Å². The molecule has 1 N–H and O–H groups in total. The molecule has 0 amide bonds. The molecule has 0 radical (unpaired) electrons. The van der Waals surface area contributed by atoms with E-state index in [0.717, 1.165) is 18.4 Å². The minimum Gasteiger partial charge on any atom is -0.481 e. The number of hydrogen-bond acceptors (Lipinski definition) is 1.